The zero-order valence-corrected chi connectivity index (χ0v) is 14.5. The minimum absolute atomic E-state index is 0.00266. The maximum Gasteiger partial charge on any atom is 0.246 e. The van der Waals surface area contributed by atoms with Crippen LogP contribution in [0.1, 0.15) is 12.8 Å². The summed E-state index contributed by atoms with van der Waals surface area (Å²) in [6.07, 6.45) is 2.80. The maximum absolute atomic E-state index is 12.3. The van der Waals surface area contributed by atoms with Crippen molar-refractivity contribution in [3.63, 3.8) is 0 Å². The molecule has 2 amide bonds. The summed E-state index contributed by atoms with van der Waals surface area (Å²) in [6, 6.07) is -0.103. The van der Waals surface area contributed by atoms with Gasteiger partial charge in [-0.05, 0) is 12.8 Å². The Bertz CT molecular complexity index is 600. The molecule has 1 unspecified atom stereocenters. The first-order valence-corrected chi connectivity index (χ1v) is 9.86. The van der Waals surface area contributed by atoms with Crippen molar-refractivity contribution in [2.45, 2.75) is 24.9 Å². The van der Waals surface area contributed by atoms with Gasteiger partial charge in [0, 0.05) is 45.8 Å². The zero-order valence-electron chi connectivity index (χ0n) is 13.6. The van der Waals surface area contributed by atoms with E-state index in [1.54, 1.807) is 11.9 Å². The second-order valence-corrected chi connectivity index (χ2v) is 8.67. The van der Waals surface area contributed by atoms with E-state index in [9.17, 15) is 18.0 Å². The normalized spacial score (nSPS) is 29.0. The number of piperidine rings is 1. The lowest BCUT2D eigenvalue weighted by atomic mass is 10.00. The standard InChI is InChI=1S/C14H24N4O4S/c1-15-10-13(19)18-8-7-16(9-12(18)14(15)20)11-3-5-17(6-4-11)23(2,21)22/h11-12H,3-10H2,1-2H3. The topological polar surface area (TPSA) is 81.2 Å². The predicted octanol–water partition coefficient (Wildman–Crippen LogP) is -1.60. The van der Waals surface area contributed by atoms with E-state index in [1.165, 1.54) is 15.5 Å². The zero-order chi connectivity index (χ0) is 16.8. The summed E-state index contributed by atoms with van der Waals surface area (Å²) in [6.45, 7) is 3.11. The number of carbonyl (C=O) groups excluding carboxylic acids is 2. The van der Waals surface area contributed by atoms with Crippen molar-refractivity contribution < 1.29 is 18.0 Å². The summed E-state index contributed by atoms with van der Waals surface area (Å²) in [5.74, 6) is 0.0199. The highest BCUT2D eigenvalue weighted by molar-refractivity contribution is 7.88. The molecule has 0 bridgehead atoms. The van der Waals surface area contributed by atoms with Crippen LogP contribution in [0.4, 0.5) is 0 Å². The first-order valence-electron chi connectivity index (χ1n) is 8.01. The summed E-state index contributed by atoms with van der Waals surface area (Å²) in [4.78, 5) is 29.8. The Morgan fingerprint density at radius 2 is 1.70 bits per heavy atom. The molecule has 0 radical (unpaired) electrons. The minimum Gasteiger partial charge on any atom is -0.335 e. The summed E-state index contributed by atoms with van der Waals surface area (Å²) >= 11 is 0. The molecule has 0 aromatic carbocycles. The van der Waals surface area contributed by atoms with Crippen molar-refractivity contribution in [2.75, 3.05) is 52.6 Å². The molecule has 0 saturated carbocycles. The van der Waals surface area contributed by atoms with E-state index < -0.39 is 10.0 Å². The molecule has 3 aliphatic rings. The molecule has 3 saturated heterocycles. The number of sulfonamides is 1. The SMILES string of the molecule is CN1CC(=O)N2CCN(C3CCN(S(C)(=O)=O)CC3)CC2C1=O. The van der Waals surface area contributed by atoms with Crippen LogP contribution >= 0.6 is 0 Å². The summed E-state index contributed by atoms with van der Waals surface area (Å²) < 4.78 is 24.7. The molecule has 9 heteroatoms. The Balaban J connectivity index is 1.63. The molecule has 0 N–H and O–H groups in total. The third kappa shape index (κ3) is 3.22. The van der Waals surface area contributed by atoms with Crippen LogP contribution in [0, 0.1) is 0 Å². The van der Waals surface area contributed by atoms with Gasteiger partial charge in [0.05, 0.1) is 12.8 Å². The van der Waals surface area contributed by atoms with Crippen LogP contribution in [-0.4, -0.2) is 104 Å². The summed E-state index contributed by atoms with van der Waals surface area (Å²) in [7, 11) is -1.45. The van der Waals surface area contributed by atoms with Crippen LogP contribution in [-0.2, 0) is 19.6 Å². The fraction of sp³-hybridized carbons (Fsp3) is 0.857. The van der Waals surface area contributed by atoms with Gasteiger partial charge in [-0.2, -0.15) is 0 Å². The molecule has 3 fully saturated rings. The van der Waals surface area contributed by atoms with Gasteiger partial charge >= 0.3 is 0 Å². The van der Waals surface area contributed by atoms with Crippen LogP contribution in [0.15, 0.2) is 0 Å². The fourth-order valence-electron chi connectivity index (χ4n) is 3.81. The summed E-state index contributed by atoms with van der Waals surface area (Å²) in [5.41, 5.74) is 0. The lowest BCUT2D eigenvalue weighted by molar-refractivity contribution is -0.159. The van der Waals surface area contributed by atoms with Crippen molar-refractivity contribution in [3.8, 4) is 0 Å². The van der Waals surface area contributed by atoms with Gasteiger partial charge < -0.3 is 9.80 Å². The van der Waals surface area contributed by atoms with Crippen LogP contribution in [0.5, 0.6) is 0 Å². The number of fused-ring (bicyclic) bond motifs is 1. The van der Waals surface area contributed by atoms with Crippen LogP contribution < -0.4 is 0 Å². The lowest BCUT2D eigenvalue weighted by Crippen LogP contribution is -2.67. The van der Waals surface area contributed by atoms with E-state index in [0.29, 0.717) is 26.2 Å². The van der Waals surface area contributed by atoms with Gasteiger partial charge in [0.15, 0.2) is 0 Å². The smallest absolute Gasteiger partial charge is 0.246 e. The van der Waals surface area contributed by atoms with Crippen molar-refractivity contribution >= 4 is 21.8 Å². The van der Waals surface area contributed by atoms with Crippen molar-refractivity contribution in [2.24, 2.45) is 0 Å². The first kappa shape index (κ1) is 16.7. The molecule has 3 rings (SSSR count). The number of piperazine rings is 2. The molecular weight excluding hydrogens is 320 g/mol. The molecule has 0 aromatic heterocycles. The Kier molecular flexibility index (Phi) is 4.37. The molecule has 3 aliphatic heterocycles. The van der Waals surface area contributed by atoms with Crippen molar-refractivity contribution in [1.29, 1.82) is 0 Å². The number of hydrogen-bond donors (Lipinski definition) is 0. The highest BCUT2D eigenvalue weighted by atomic mass is 32.2. The third-order valence-corrected chi connectivity index (χ3v) is 6.48. The minimum atomic E-state index is -3.12. The maximum atomic E-state index is 12.3. The average Bonchev–Trinajstić information content (AvgIpc) is 2.51. The number of amides is 2. The molecule has 0 aromatic rings. The molecule has 23 heavy (non-hydrogen) atoms. The van der Waals surface area contributed by atoms with Crippen LogP contribution in [0.2, 0.25) is 0 Å². The predicted molar refractivity (Wildman–Crippen MR) is 84.1 cm³/mol. The van der Waals surface area contributed by atoms with Gasteiger partial charge in [-0.15, -0.1) is 0 Å². The van der Waals surface area contributed by atoms with Crippen LogP contribution in [0.25, 0.3) is 0 Å². The molecule has 0 aliphatic carbocycles. The van der Waals surface area contributed by atoms with E-state index >= 15 is 0 Å². The molecule has 3 heterocycles. The second kappa shape index (κ2) is 6.03. The number of carbonyl (C=O) groups is 2. The third-order valence-electron chi connectivity index (χ3n) is 5.17. The van der Waals surface area contributed by atoms with E-state index in [1.807, 2.05) is 0 Å². The highest BCUT2D eigenvalue weighted by Crippen LogP contribution is 2.24. The van der Waals surface area contributed by atoms with Gasteiger partial charge in [-0.3, -0.25) is 14.5 Å². The highest BCUT2D eigenvalue weighted by Gasteiger charge is 2.43. The lowest BCUT2D eigenvalue weighted by Gasteiger charge is -2.48. The number of nitrogens with zero attached hydrogens (tertiary/aromatic N) is 4. The van der Waals surface area contributed by atoms with Gasteiger partial charge in [-0.25, -0.2) is 12.7 Å². The largest absolute Gasteiger partial charge is 0.335 e. The fourth-order valence-corrected chi connectivity index (χ4v) is 4.68. The summed E-state index contributed by atoms with van der Waals surface area (Å²) in [5, 5.41) is 0. The van der Waals surface area contributed by atoms with E-state index in [-0.39, 0.29) is 30.4 Å². The number of rotatable bonds is 2. The quantitative estimate of drug-likeness (QED) is 0.602. The van der Waals surface area contributed by atoms with Gasteiger partial charge in [-0.1, -0.05) is 0 Å². The average molecular weight is 344 g/mol. The monoisotopic (exact) mass is 344 g/mol. The van der Waals surface area contributed by atoms with Crippen LogP contribution in [0.3, 0.4) is 0 Å². The molecular formula is C14H24N4O4S. The molecule has 0 spiro atoms. The van der Waals surface area contributed by atoms with Gasteiger partial charge in [0.25, 0.3) is 0 Å². The number of hydrogen-bond acceptors (Lipinski definition) is 5. The molecule has 8 nitrogen and oxygen atoms in total. The Hall–Kier alpha value is -1.19. The van der Waals surface area contributed by atoms with E-state index in [4.69, 9.17) is 0 Å². The Morgan fingerprint density at radius 1 is 1.04 bits per heavy atom. The Labute approximate surface area is 137 Å². The van der Waals surface area contributed by atoms with E-state index in [2.05, 4.69) is 4.90 Å². The van der Waals surface area contributed by atoms with E-state index in [0.717, 1.165) is 19.4 Å². The molecule has 130 valence electrons. The van der Waals surface area contributed by atoms with Gasteiger partial charge in [0.1, 0.15) is 6.04 Å². The number of likely N-dealkylation sites (N-methyl/N-ethyl adjacent to an activating group) is 1. The van der Waals surface area contributed by atoms with Crippen molar-refractivity contribution in [1.82, 2.24) is 19.0 Å². The first-order chi connectivity index (χ1) is 10.8. The molecule has 1 atom stereocenters. The second-order valence-electron chi connectivity index (χ2n) is 6.69. The van der Waals surface area contributed by atoms with Gasteiger partial charge in [0.2, 0.25) is 21.8 Å². The van der Waals surface area contributed by atoms with Crippen molar-refractivity contribution in [3.05, 3.63) is 0 Å². The Morgan fingerprint density at radius 3 is 2.30 bits per heavy atom.